The lowest BCUT2D eigenvalue weighted by Gasteiger charge is -2.31. The van der Waals surface area contributed by atoms with Gasteiger partial charge in [-0.2, -0.15) is 0 Å². The predicted octanol–water partition coefficient (Wildman–Crippen LogP) is 1.25. The Labute approximate surface area is 213 Å². The number of aryl methyl sites for hydroxylation is 1. The summed E-state index contributed by atoms with van der Waals surface area (Å²) in [4.78, 5) is 27.4. The number of nitrogens with two attached hydrogens (primary N) is 1. The van der Waals surface area contributed by atoms with Gasteiger partial charge < -0.3 is 35.4 Å². The number of carbonyl (C=O) groups excluding carboxylic acids is 1. The number of amides is 1. The van der Waals surface area contributed by atoms with Crippen molar-refractivity contribution in [2.75, 3.05) is 25.4 Å². The largest absolute Gasteiger partial charge is 0.415 e. The molecule has 3 aromatic rings. The van der Waals surface area contributed by atoms with Crippen LogP contribution in [0.3, 0.4) is 0 Å². The number of hydrogen-bond donors (Lipinski definition) is 4. The number of rotatable bonds is 7. The highest BCUT2D eigenvalue weighted by atomic mass is 16.6. The molecule has 4 heterocycles. The fourth-order valence-corrected chi connectivity index (χ4v) is 5.00. The quantitative estimate of drug-likeness (QED) is 0.361. The summed E-state index contributed by atoms with van der Waals surface area (Å²) in [6.07, 6.45) is 1.06. The Kier molecular flexibility index (Phi) is 7.51. The third kappa shape index (κ3) is 5.37. The summed E-state index contributed by atoms with van der Waals surface area (Å²) in [5.41, 5.74) is 6.92. The van der Waals surface area contributed by atoms with E-state index in [4.69, 9.17) is 15.2 Å². The Hall–Kier alpha value is -3.32. The second-order valence-electron chi connectivity index (χ2n) is 9.58. The normalized spacial score (nSPS) is 24.6. The molecule has 0 aliphatic carbocycles. The number of piperidine rings is 1. The number of anilines is 1. The van der Waals surface area contributed by atoms with E-state index in [-0.39, 0.29) is 11.9 Å². The first-order chi connectivity index (χ1) is 17.9. The fraction of sp³-hybridized carbons (Fsp3) is 0.520. The van der Waals surface area contributed by atoms with E-state index >= 15 is 0 Å². The van der Waals surface area contributed by atoms with Crippen LogP contribution in [0.2, 0.25) is 0 Å². The molecule has 2 aromatic heterocycles. The molecule has 1 aromatic carbocycles. The summed E-state index contributed by atoms with van der Waals surface area (Å²) in [6, 6.07) is 9.08. The van der Waals surface area contributed by atoms with Gasteiger partial charge in [-0.3, -0.25) is 4.57 Å². The SMILES string of the molecule is Nc1nc(CCCC2CCN(C(=O)Oc3ccccc3)CC2)nc2c1ncn2[C@@H]1O[C@H](CO)[C@@H](O)[C@H]1O. The number of carbonyl (C=O) groups is 1. The standard InChI is InChI=1S/C25H32N6O6/c26-22-19-23(31(14-27-19)24-21(34)20(33)17(13-32)37-24)29-18(28-22)8-4-5-15-9-11-30(12-10-15)25(35)36-16-6-2-1-3-7-16/h1-3,6-7,14-15,17,20-21,24,32-34H,4-5,8-13H2,(H2,26,28,29)/t17-,20-,21-,24-/m1/s1. The van der Waals surface area contributed by atoms with Crippen molar-refractivity contribution in [1.29, 1.82) is 0 Å². The van der Waals surface area contributed by atoms with E-state index in [1.54, 1.807) is 17.0 Å². The van der Waals surface area contributed by atoms with E-state index in [1.807, 2.05) is 18.2 Å². The third-order valence-electron chi connectivity index (χ3n) is 7.12. The van der Waals surface area contributed by atoms with Crippen molar-refractivity contribution in [1.82, 2.24) is 24.4 Å². The monoisotopic (exact) mass is 512 g/mol. The van der Waals surface area contributed by atoms with Gasteiger partial charge in [0, 0.05) is 19.5 Å². The van der Waals surface area contributed by atoms with Crippen LogP contribution in [0.5, 0.6) is 5.75 Å². The zero-order valence-corrected chi connectivity index (χ0v) is 20.4. The molecule has 37 heavy (non-hydrogen) atoms. The maximum absolute atomic E-state index is 12.4. The topological polar surface area (TPSA) is 169 Å². The van der Waals surface area contributed by atoms with Crippen LogP contribution in [0.25, 0.3) is 11.2 Å². The van der Waals surface area contributed by atoms with E-state index in [0.29, 0.717) is 48.2 Å². The lowest BCUT2D eigenvalue weighted by atomic mass is 9.91. The molecule has 5 rings (SSSR count). The minimum absolute atomic E-state index is 0.232. The Balaban J connectivity index is 1.15. The number of fused-ring (bicyclic) bond motifs is 1. The minimum Gasteiger partial charge on any atom is -0.410 e. The van der Waals surface area contributed by atoms with Crippen LogP contribution in [0.4, 0.5) is 10.6 Å². The first kappa shape index (κ1) is 25.3. The van der Waals surface area contributed by atoms with Crippen molar-refractivity contribution in [2.45, 2.75) is 56.6 Å². The summed E-state index contributed by atoms with van der Waals surface area (Å²) in [6.45, 7) is 0.904. The summed E-state index contributed by atoms with van der Waals surface area (Å²) in [7, 11) is 0. The number of nitrogens with zero attached hydrogens (tertiary/aromatic N) is 5. The highest BCUT2D eigenvalue weighted by molar-refractivity contribution is 5.81. The number of benzene rings is 1. The average Bonchev–Trinajstić information content (AvgIpc) is 3.45. The molecule has 4 atom stereocenters. The molecule has 0 unspecified atom stereocenters. The van der Waals surface area contributed by atoms with Crippen LogP contribution in [-0.4, -0.2) is 83.8 Å². The summed E-state index contributed by atoms with van der Waals surface area (Å²) < 4.78 is 12.6. The first-order valence-electron chi connectivity index (χ1n) is 12.6. The molecule has 2 saturated heterocycles. The molecule has 0 radical (unpaired) electrons. The molecule has 12 nitrogen and oxygen atoms in total. The molecule has 198 valence electrons. The second-order valence-corrected chi connectivity index (χ2v) is 9.58. The molecule has 5 N–H and O–H groups in total. The number of nitrogen functional groups attached to an aromatic ring is 1. The molecule has 2 aliphatic rings. The van der Waals surface area contributed by atoms with E-state index in [9.17, 15) is 20.1 Å². The summed E-state index contributed by atoms with van der Waals surface area (Å²) in [5, 5.41) is 29.9. The molecule has 1 amide bonds. The van der Waals surface area contributed by atoms with Gasteiger partial charge in [0.25, 0.3) is 0 Å². The minimum atomic E-state index is -1.25. The van der Waals surface area contributed by atoms with Gasteiger partial charge in [-0.25, -0.2) is 19.7 Å². The Morgan fingerprint density at radius 2 is 1.89 bits per heavy atom. The third-order valence-corrected chi connectivity index (χ3v) is 7.12. The fourth-order valence-electron chi connectivity index (χ4n) is 5.00. The number of aromatic nitrogens is 4. The van der Waals surface area contributed by atoms with Crippen LogP contribution in [-0.2, 0) is 11.2 Å². The van der Waals surface area contributed by atoms with Gasteiger partial charge in [0.1, 0.15) is 35.4 Å². The van der Waals surface area contributed by atoms with E-state index < -0.39 is 31.1 Å². The molecular formula is C25H32N6O6. The lowest BCUT2D eigenvalue weighted by molar-refractivity contribution is -0.0511. The first-order valence-corrected chi connectivity index (χ1v) is 12.6. The number of aliphatic hydroxyl groups excluding tert-OH is 3. The summed E-state index contributed by atoms with van der Waals surface area (Å²) in [5.74, 6) is 1.83. The van der Waals surface area contributed by atoms with Crippen molar-refractivity contribution in [3.05, 3.63) is 42.5 Å². The number of ether oxygens (including phenoxy) is 2. The van der Waals surface area contributed by atoms with E-state index in [1.165, 1.54) is 10.9 Å². The van der Waals surface area contributed by atoms with Crippen LogP contribution in [0.15, 0.2) is 36.7 Å². The maximum Gasteiger partial charge on any atom is 0.415 e. The van der Waals surface area contributed by atoms with Gasteiger partial charge in [0.15, 0.2) is 17.7 Å². The number of para-hydroxylation sites is 1. The van der Waals surface area contributed by atoms with Crippen molar-refractivity contribution in [3.8, 4) is 5.75 Å². The molecular weight excluding hydrogens is 480 g/mol. The Morgan fingerprint density at radius 3 is 2.59 bits per heavy atom. The van der Waals surface area contributed by atoms with Crippen molar-refractivity contribution in [3.63, 3.8) is 0 Å². The number of imidazole rings is 1. The maximum atomic E-state index is 12.4. The smallest absolute Gasteiger partial charge is 0.410 e. The zero-order chi connectivity index (χ0) is 25.9. The Bertz CT molecular complexity index is 1220. The predicted molar refractivity (Wildman–Crippen MR) is 132 cm³/mol. The molecule has 12 heteroatoms. The highest BCUT2D eigenvalue weighted by Gasteiger charge is 2.44. The van der Waals surface area contributed by atoms with Crippen molar-refractivity contribution >= 4 is 23.1 Å². The molecule has 0 spiro atoms. The Morgan fingerprint density at radius 1 is 1.14 bits per heavy atom. The number of aliphatic hydroxyl groups is 3. The highest BCUT2D eigenvalue weighted by Crippen LogP contribution is 2.32. The van der Waals surface area contributed by atoms with Gasteiger partial charge in [0.05, 0.1) is 12.9 Å². The van der Waals surface area contributed by atoms with Crippen LogP contribution in [0.1, 0.15) is 37.7 Å². The van der Waals surface area contributed by atoms with Gasteiger partial charge in [-0.05, 0) is 43.7 Å². The van der Waals surface area contributed by atoms with E-state index in [2.05, 4.69) is 15.0 Å². The van der Waals surface area contributed by atoms with Gasteiger partial charge in [0.2, 0.25) is 0 Å². The lowest BCUT2D eigenvalue weighted by Crippen LogP contribution is -2.40. The molecule has 0 saturated carbocycles. The van der Waals surface area contributed by atoms with E-state index in [0.717, 1.165) is 25.7 Å². The van der Waals surface area contributed by atoms with Gasteiger partial charge in [-0.15, -0.1) is 0 Å². The molecule has 0 bridgehead atoms. The van der Waals surface area contributed by atoms with Gasteiger partial charge >= 0.3 is 6.09 Å². The average molecular weight is 513 g/mol. The van der Waals surface area contributed by atoms with Crippen LogP contribution in [0, 0.1) is 5.92 Å². The molecule has 2 fully saturated rings. The number of likely N-dealkylation sites (tertiary alicyclic amines) is 1. The second kappa shape index (κ2) is 11.0. The van der Waals surface area contributed by atoms with Crippen molar-refractivity contribution < 1.29 is 29.6 Å². The number of hydrogen-bond acceptors (Lipinski definition) is 10. The summed E-state index contributed by atoms with van der Waals surface area (Å²) >= 11 is 0. The van der Waals surface area contributed by atoms with Gasteiger partial charge in [-0.1, -0.05) is 18.2 Å². The van der Waals surface area contributed by atoms with Crippen LogP contribution < -0.4 is 10.5 Å². The van der Waals surface area contributed by atoms with Crippen LogP contribution >= 0.6 is 0 Å². The van der Waals surface area contributed by atoms with Crippen molar-refractivity contribution in [2.24, 2.45) is 5.92 Å². The zero-order valence-electron chi connectivity index (χ0n) is 20.4. The molecule has 2 aliphatic heterocycles.